The molecule has 2 heteroatoms. The molecule has 0 spiro atoms. The third kappa shape index (κ3) is 4.56. The van der Waals surface area contributed by atoms with Gasteiger partial charge in [-0.15, -0.1) is 0 Å². The lowest BCUT2D eigenvalue weighted by molar-refractivity contribution is 0.661. The SMILES string of the molecule is CC1(C)c2ccccc2-c2cc3c(-c4ccc5ccc6cccc7ccc4c5c67)c4ccccc4c(-c4ccc(-c5nc6ccccn6c5-c5ccccc5)cc4)c3cc21. The second-order valence-corrected chi connectivity index (χ2v) is 17.1. The molecule has 0 fully saturated rings. The minimum atomic E-state index is -0.142. The van der Waals surface area contributed by atoms with Crippen molar-refractivity contribution in [3.05, 3.63) is 205 Å². The van der Waals surface area contributed by atoms with Gasteiger partial charge in [0.05, 0.1) is 11.4 Å². The second-order valence-electron chi connectivity index (χ2n) is 17.1. The quantitative estimate of drug-likeness (QED) is 0.129. The van der Waals surface area contributed by atoms with Crippen molar-refractivity contribution in [2.75, 3.05) is 0 Å². The number of pyridine rings is 1. The topological polar surface area (TPSA) is 17.3 Å². The first-order chi connectivity index (χ1) is 29.5. The van der Waals surface area contributed by atoms with E-state index in [0.717, 1.165) is 28.2 Å². The van der Waals surface area contributed by atoms with Crippen LogP contribution in [0, 0.1) is 0 Å². The van der Waals surface area contributed by atoms with Crippen LogP contribution in [0.1, 0.15) is 25.0 Å². The maximum atomic E-state index is 5.20. The molecule has 0 atom stereocenters. The van der Waals surface area contributed by atoms with Crippen LogP contribution in [0.15, 0.2) is 194 Å². The zero-order valence-electron chi connectivity index (χ0n) is 33.4. The molecule has 2 nitrogen and oxygen atoms in total. The molecule has 1 aliphatic carbocycles. The Hall–Kier alpha value is -7.55. The molecule has 2 aromatic heterocycles. The monoisotopic (exact) mass is 762 g/mol. The Morgan fingerprint density at radius 1 is 0.400 bits per heavy atom. The highest BCUT2D eigenvalue weighted by molar-refractivity contribution is 6.29. The number of nitrogens with zero attached hydrogens (tertiary/aromatic N) is 2. The summed E-state index contributed by atoms with van der Waals surface area (Å²) in [5, 5.41) is 12.9. The summed E-state index contributed by atoms with van der Waals surface area (Å²) in [6, 6.07) is 69.8. The van der Waals surface area contributed by atoms with Crippen molar-refractivity contribution in [3.63, 3.8) is 0 Å². The fraction of sp³-hybridized carbons (Fsp3) is 0.0517. The molecule has 0 aliphatic heterocycles. The van der Waals surface area contributed by atoms with Gasteiger partial charge in [-0.3, -0.25) is 4.40 Å². The van der Waals surface area contributed by atoms with Crippen LogP contribution in [0.25, 0.3) is 115 Å². The summed E-state index contributed by atoms with van der Waals surface area (Å²) in [7, 11) is 0. The van der Waals surface area contributed by atoms with Crippen molar-refractivity contribution < 1.29 is 0 Å². The molecule has 0 saturated carbocycles. The Kier molecular flexibility index (Phi) is 6.82. The fourth-order valence-corrected chi connectivity index (χ4v) is 10.8. The molecule has 2 heterocycles. The Morgan fingerprint density at radius 3 is 1.87 bits per heavy atom. The molecule has 60 heavy (non-hydrogen) atoms. The summed E-state index contributed by atoms with van der Waals surface area (Å²) < 4.78 is 2.21. The van der Waals surface area contributed by atoms with Crippen molar-refractivity contribution in [2.45, 2.75) is 19.3 Å². The van der Waals surface area contributed by atoms with Gasteiger partial charge in [-0.25, -0.2) is 4.98 Å². The Labute approximate surface area is 348 Å². The maximum absolute atomic E-state index is 5.20. The Balaban J connectivity index is 1.11. The van der Waals surface area contributed by atoms with E-state index in [1.165, 1.54) is 98.4 Å². The number of imidazole rings is 1. The number of aromatic nitrogens is 2. The van der Waals surface area contributed by atoms with Crippen LogP contribution in [0.2, 0.25) is 0 Å². The molecule has 10 aromatic carbocycles. The molecule has 0 bridgehead atoms. The second kappa shape index (κ2) is 12.2. The highest BCUT2D eigenvalue weighted by atomic mass is 15.0. The van der Waals surface area contributed by atoms with Crippen molar-refractivity contribution in [2.24, 2.45) is 0 Å². The van der Waals surface area contributed by atoms with Crippen molar-refractivity contribution >= 4 is 59.5 Å². The van der Waals surface area contributed by atoms with Crippen LogP contribution >= 0.6 is 0 Å². The van der Waals surface area contributed by atoms with Crippen LogP contribution < -0.4 is 0 Å². The van der Waals surface area contributed by atoms with Crippen molar-refractivity contribution in [1.82, 2.24) is 9.38 Å². The van der Waals surface area contributed by atoms with Crippen LogP contribution in [0.4, 0.5) is 0 Å². The van der Waals surface area contributed by atoms with Gasteiger partial charge in [0.1, 0.15) is 5.65 Å². The lowest BCUT2D eigenvalue weighted by atomic mass is 9.79. The van der Waals surface area contributed by atoms with Crippen LogP contribution in [-0.2, 0) is 5.41 Å². The standard InChI is InChI=1S/C58H38N2/c1-58(2)49-20-9-8-17-41(49)46-33-47-48(34-50(46)58)53(37-24-26-39(27-25-37)56-57(40-13-4-3-5-14-40)60-32-11-10-21-51(60)59-56)42-18-6-7-19-43(42)55(47)45-31-29-38-23-22-35-15-12-16-36-28-30-44(45)54(38)52(35)36/h3-34H,1-2H3. The summed E-state index contributed by atoms with van der Waals surface area (Å²) in [6.45, 7) is 4.78. The van der Waals surface area contributed by atoms with E-state index in [4.69, 9.17) is 4.98 Å². The first-order valence-corrected chi connectivity index (χ1v) is 21.0. The number of hydrogen-bond donors (Lipinski definition) is 0. The zero-order chi connectivity index (χ0) is 39.7. The first kappa shape index (κ1) is 33.4. The molecular formula is C58H38N2. The smallest absolute Gasteiger partial charge is 0.137 e. The van der Waals surface area contributed by atoms with Gasteiger partial charge in [0.25, 0.3) is 0 Å². The lowest BCUT2D eigenvalue weighted by Gasteiger charge is -2.24. The number of fused-ring (bicyclic) bond motifs is 6. The highest BCUT2D eigenvalue weighted by Gasteiger charge is 2.36. The molecule has 0 radical (unpaired) electrons. The molecule has 0 N–H and O–H groups in total. The van der Waals surface area contributed by atoms with E-state index < -0.39 is 0 Å². The van der Waals surface area contributed by atoms with Crippen molar-refractivity contribution in [3.8, 4) is 55.9 Å². The number of hydrogen-bond acceptors (Lipinski definition) is 1. The summed E-state index contributed by atoms with van der Waals surface area (Å²) in [5.41, 5.74) is 15.6. The maximum Gasteiger partial charge on any atom is 0.137 e. The van der Waals surface area contributed by atoms with E-state index in [0.29, 0.717) is 0 Å². The predicted octanol–water partition coefficient (Wildman–Crippen LogP) is 15.5. The van der Waals surface area contributed by atoms with Gasteiger partial charge in [-0.05, 0) is 123 Å². The van der Waals surface area contributed by atoms with Gasteiger partial charge >= 0.3 is 0 Å². The van der Waals surface area contributed by atoms with Gasteiger partial charge in [0, 0.05) is 22.7 Å². The van der Waals surface area contributed by atoms with E-state index in [-0.39, 0.29) is 5.41 Å². The van der Waals surface area contributed by atoms with Crippen LogP contribution in [-0.4, -0.2) is 9.38 Å². The highest BCUT2D eigenvalue weighted by Crippen LogP contribution is 2.54. The van der Waals surface area contributed by atoms with Gasteiger partial charge in [-0.1, -0.05) is 178 Å². The first-order valence-electron chi connectivity index (χ1n) is 21.0. The van der Waals surface area contributed by atoms with E-state index in [1.807, 2.05) is 0 Å². The average molecular weight is 763 g/mol. The summed E-state index contributed by atoms with van der Waals surface area (Å²) in [5.74, 6) is 0. The van der Waals surface area contributed by atoms with Crippen LogP contribution in [0.3, 0.4) is 0 Å². The minimum absolute atomic E-state index is 0.142. The molecule has 1 aliphatic rings. The molecule has 13 rings (SSSR count). The number of benzene rings is 10. The third-order valence-electron chi connectivity index (χ3n) is 13.5. The average Bonchev–Trinajstić information content (AvgIpc) is 3.79. The lowest BCUT2D eigenvalue weighted by Crippen LogP contribution is -2.14. The van der Waals surface area contributed by atoms with E-state index >= 15 is 0 Å². The van der Waals surface area contributed by atoms with Crippen molar-refractivity contribution in [1.29, 1.82) is 0 Å². The third-order valence-corrected chi connectivity index (χ3v) is 13.5. The summed E-state index contributed by atoms with van der Waals surface area (Å²) >= 11 is 0. The van der Waals surface area contributed by atoms with E-state index in [9.17, 15) is 0 Å². The van der Waals surface area contributed by atoms with Gasteiger partial charge < -0.3 is 0 Å². The zero-order valence-corrected chi connectivity index (χ0v) is 33.4. The number of rotatable bonds is 4. The van der Waals surface area contributed by atoms with E-state index in [1.54, 1.807) is 0 Å². The molecule has 12 aromatic rings. The molecule has 0 unspecified atom stereocenters. The fourth-order valence-electron chi connectivity index (χ4n) is 10.8. The Bertz CT molecular complexity index is 3700. The largest absolute Gasteiger partial charge is 0.299 e. The normalized spacial score (nSPS) is 13.3. The Morgan fingerprint density at radius 2 is 1.05 bits per heavy atom. The van der Waals surface area contributed by atoms with Gasteiger partial charge in [-0.2, -0.15) is 0 Å². The molecule has 0 saturated heterocycles. The molecule has 0 amide bonds. The minimum Gasteiger partial charge on any atom is -0.299 e. The van der Waals surface area contributed by atoms with Crippen LogP contribution in [0.5, 0.6) is 0 Å². The molecule has 280 valence electrons. The molecular weight excluding hydrogens is 725 g/mol. The summed E-state index contributed by atoms with van der Waals surface area (Å²) in [4.78, 5) is 5.20. The summed E-state index contributed by atoms with van der Waals surface area (Å²) in [6.07, 6.45) is 2.11. The van der Waals surface area contributed by atoms with Gasteiger partial charge in [0.15, 0.2) is 0 Å². The van der Waals surface area contributed by atoms with E-state index in [2.05, 4.69) is 213 Å². The van der Waals surface area contributed by atoms with Gasteiger partial charge in [0.2, 0.25) is 0 Å². The predicted molar refractivity (Wildman–Crippen MR) is 253 cm³/mol.